The number of hydrogen-bond acceptors (Lipinski definition) is 2. The second-order valence-corrected chi connectivity index (χ2v) is 7.56. The monoisotopic (exact) mass is 298 g/mol. The van der Waals surface area contributed by atoms with Gasteiger partial charge in [-0.15, -0.1) is 0 Å². The largest absolute Gasteiger partial charge is 0.355 e. The van der Waals surface area contributed by atoms with Crippen LogP contribution in [0.3, 0.4) is 0 Å². The van der Waals surface area contributed by atoms with E-state index in [4.69, 9.17) is 0 Å². The molecule has 2 aliphatic carbocycles. The molecule has 3 aliphatic rings. The van der Waals surface area contributed by atoms with Crippen molar-refractivity contribution in [2.75, 3.05) is 19.6 Å². The highest BCUT2D eigenvalue weighted by Gasteiger charge is 2.51. The highest BCUT2D eigenvalue weighted by atomic mass is 16.2. The van der Waals surface area contributed by atoms with Crippen molar-refractivity contribution in [2.24, 2.45) is 11.3 Å². The molecule has 0 aromatic heterocycles. The standard InChI is InChI=1S/C19H26N2O/c22-17(19-9-5-4-8-16(19)12-20-14-19)21-13-18(10-11-18)15-6-2-1-3-7-15/h1-3,6-7,16,20H,4-5,8-14H2,(H,21,22)/t16-,19+/m0/s1. The van der Waals surface area contributed by atoms with Crippen LogP contribution in [0, 0.1) is 11.3 Å². The van der Waals surface area contributed by atoms with Gasteiger partial charge in [-0.25, -0.2) is 0 Å². The molecule has 1 aromatic carbocycles. The van der Waals surface area contributed by atoms with Gasteiger partial charge in [-0.3, -0.25) is 4.79 Å². The van der Waals surface area contributed by atoms with Crippen LogP contribution in [0.4, 0.5) is 0 Å². The van der Waals surface area contributed by atoms with Crippen molar-refractivity contribution in [1.82, 2.24) is 10.6 Å². The molecular weight excluding hydrogens is 272 g/mol. The van der Waals surface area contributed by atoms with Crippen LogP contribution in [0.2, 0.25) is 0 Å². The maximum atomic E-state index is 13.0. The Morgan fingerprint density at radius 2 is 2.00 bits per heavy atom. The molecule has 0 unspecified atom stereocenters. The Labute approximate surface area is 132 Å². The Morgan fingerprint density at radius 1 is 1.18 bits per heavy atom. The molecule has 0 spiro atoms. The molecule has 1 saturated heterocycles. The van der Waals surface area contributed by atoms with Crippen LogP contribution >= 0.6 is 0 Å². The van der Waals surface area contributed by atoms with E-state index >= 15 is 0 Å². The van der Waals surface area contributed by atoms with E-state index in [0.717, 1.165) is 26.1 Å². The number of hydrogen-bond donors (Lipinski definition) is 2. The maximum absolute atomic E-state index is 13.0. The van der Waals surface area contributed by atoms with E-state index in [1.807, 2.05) is 0 Å². The maximum Gasteiger partial charge on any atom is 0.227 e. The van der Waals surface area contributed by atoms with Crippen LogP contribution < -0.4 is 10.6 Å². The molecule has 2 atom stereocenters. The van der Waals surface area contributed by atoms with Crippen LogP contribution in [0.5, 0.6) is 0 Å². The fraction of sp³-hybridized carbons (Fsp3) is 0.632. The summed E-state index contributed by atoms with van der Waals surface area (Å²) in [5.41, 5.74) is 1.48. The molecule has 3 nitrogen and oxygen atoms in total. The molecule has 4 rings (SSSR count). The van der Waals surface area contributed by atoms with Crippen LogP contribution in [-0.2, 0) is 10.2 Å². The third-order valence-electron chi connectivity index (χ3n) is 6.32. The molecule has 3 heteroatoms. The summed E-state index contributed by atoms with van der Waals surface area (Å²) in [6.07, 6.45) is 7.17. The lowest BCUT2D eigenvalue weighted by molar-refractivity contribution is -0.134. The first kappa shape index (κ1) is 14.3. The van der Waals surface area contributed by atoms with E-state index in [1.54, 1.807) is 0 Å². The molecule has 2 saturated carbocycles. The average Bonchev–Trinajstić information content (AvgIpc) is 3.24. The molecule has 1 aliphatic heterocycles. The van der Waals surface area contributed by atoms with E-state index in [-0.39, 0.29) is 10.8 Å². The Morgan fingerprint density at radius 3 is 2.77 bits per heavy atom. The number of fused-ring (bicyclic) bond motifs is 1. The smallest absolute Gasteiger partial charge is 0.227 e. The van der Waals surface area contributed by atoms with Crippen LogP contribution in [0.25, 0.3) is 0 Å². The summed E-state index contributed by atoms with van der Waals surface area (Å²) in [5, 5.41) is 6.81. The summed E-state index contributed by atoms with van der Waals surface area (Å²) in [6.45, 7) is 2.71. The topological polar surface area (TPSA) is 41.1 Å². The molecule has 0 radical (unpaired) electrons. The molecule has 3 fully saturated rings. The second-order valence-electron chi connectivity index (χ2n) is 7.56. The Hall–Kier alpha value is -1.35. The van der Waals surface area contributed by atoms with Crippen LogP contribution in [0.1, 0.15) is 44.1 Å². The van der Waals surface area contributed by atoms with Crippen molar-refractivity contribution in [3.8, 4) is 0 Å². The molecule has 1 amide bonds. The minimum Gasteiger partial charge on any atom is -0.355 e. The van der Waals surface area contributed by atoms with Gasteiger partial charge in [-0.2, -0.15) is 0 Å². The van der Waals surface area contributed by atoms with E-state index in [1.165, 1.54) is 37.7 Å². The highest BCUT2D eigenvalue weighted by Crippen LogP contribution is 2.48. The zero-order chi connectivity index (χ0) is 15.0. The quantitative estimate of drug-likeness (QED) is 0.897. The highest BCUT2D eigenvalue weighted by molar-refractivity contribution is 5.84. The Bertz CT molecular complexity index is 552. The Kier molecular flexibility index (Phi) is 3.48. The number of carbonyl (C=O) groups excluding carboxylic acids is 1. The third-order valence-corrected chi connectivity index (χ3v) is 6.32. The van der Waals surface area contributed by atoms with Crippen molar-refractivity contribution < 1.29 is 4.79 Å². The molecule has 118 valence electrons. The van der Waals surface area contributed by atoms with Crippen molar-refractivity contribution >= 4 is 5.91 Å². The van der Waals surface area contributed by atoms with Gasteiger partial charge in [0.05, 0.1) is 5.41 Å². The first-order valence-electron chi connectivity index (χ1n) is 8.80. The first-order chi connectivity index (χ1) is 10.8. The number of rotatable bonds is 4. The second kappa shape index (κ2) is 5.38. The van der Waals surface area contributed by atoms with Crippen LogP contribution in [0.15, 0.2) is 30.3 Å². The minimum absolute atomic E-state index is 0.120. The zero-order valence-electron chi connectivity index (χ0n) is 13.2. The first-order valence-corrected chi connectivity index (χ1v) is 8.80. The van der Waals surface area contributed by atoms with Crippen molar-refractivity contribution in [1.29, 1.82) is 0 Å². The number of carbonyl (C=O) groups is 1. The summed E-state index contributed by atoms with van der Waals surface area (Å²) in [5.74, 6) is 0.859. The molecule has 0 bridgehead atoms. The van der Waals surface area contributed by atoms with E-state index in [9.17, 15) is 4.79 Å². The van der Waals surface area contributed by atoms with Gasteiger partial charge < -0.3 is 10.6 Å². The van der Waals surface area contributed by atoms with Gasteiger partial charge in [0.1, 0.15) is 0 Å². The fourth-order valence-corrected chi connectivity index (χ4v) is 4.63. The van der Waals surface area contributed by atoms with Gasteiger partial charge in [0.25, 0.3) is 0 Å². The number of benzene rings is 1. The molecule has 2 N–H and O–H groups in total. The van der Waals surface area contributed by atoms with Crippen molar-refractivity contribution in [3.05, 3.63) is 35.9 Å². The van der Waals surface area contributed by atoms with Gasteiger partial charge >= 0.3 is 0 Å². The molecule has 1 heterocycles. The van der Waals surface area contributed by atoms with Gasteiger partial charge in [0.15, 0.2) is 0 Å². The zero-order valence-corrected chi connectivity index (χ0v) is 13.2. The normalized spacial score (nSPS) is 32.3. The van der Waals surface area contributed by atoms with E-state index in [0.29, 0.717) is 11.8 Å². The Balaban J connectivity index is 1.45. The molecule has 1 aromatic rings. The summed E-state index contributed by atoms with van der Waals surface area (Å²) >= 11 is 0. The number of nitrogens with one attached hydrogen (secondary N) is 2. The van der Waals surface area contributed by atoms with Gasteiger partial charge in [-0.1, -0.05) is 43.2 Å². The van der Waals surface area contributed by atoms with Gasteiger partial charge in [0, 0.05) is 18.5 Å². The lowest BCUT2D eigenvalue weighted by Crippen LogP contribution is -2.49. The number of amides is 1. The van der Waals surface area contributed by atoms with Gasteiger partial charge in [-0.05, 0) is 43.7 Å². The third kappa shape index (κ3) is 2.26. The molecule has 22 heavy (non-hydrogen) atoms. The van der Waals surface area contributed by atoms with Crippen LogP contribution in [-0.4, -0.2) is 25.5 Å². The van der Waals surface area contributed by atoms with E-state index in [2.05, 4.69) is 41.0 Å². The SMILES string of the molecule is O=C(NCC1(c2ccccc2)CC1)[C@@]12CCCC[C@H]1CNC2. The van der Waals surface area contributed by atoms with Crippen molar-refractivity contribution in [2.45, 2.75) is 43.9 Å². The van der Waals surface area contributed by atoms with Gasteiger partial charge in [0.2, 0.25) is 5.91 Å². The summed E-state index contributed by atoms with van der Waals surface area (Å²) in [7, 11) is 0. The van der Waals surface area contributed by atoms with E-state index < -0.39 is 0 Å². The summed E-state index contributed by atoms with van der Waals surface area (Å²) < 4.78 is 0. The summed E-state index contributed by atoms with van der Waals surface area (Å²) in [4.78, 5) is 13.0. The molecular formula is C19H26N2O. The predicted molar refractivity (Wildman–Crippen MR) is 87.6 cm³/mol. The summed E-state index contributed by atoms with van der Waals surface area (Å²) in [6, 6.07) is 10.7. The lowest BCUT2D eigenvalue weighted by Gasteiger charge is -2.37. The van der Waals surface area contributed by atoms with Crippen molar-refractivity contribution in [3.63, 3.8) is 0 Å². The fourth-order valence-electron chi connectivity index (χ4n) is 4.63. The predicted octanol–water partition coefficient (Wildman–Crippen LogP) is 2.61. The minimum atomic E-state index is -0.120. The lowest BCUT2D eigenvalue weighted by atomic mass is 9.67. The average molecular weight is 298 g/mol.